The van der Waals surface area contributed by atoms with Crippen LogP contribution >= 0.6 is 0 Å². The number of rotatable bonds is 2. The lowest BCUT2D eigenvalue weighted by atomic mass is 9.92. The van der Waals surface area contributed by atoms with E-state index in [-0.39, 0.29) is 23.7 Å². The first kappa shape index (κ1) is 12.2. The summed E-state index contributed by atoms with van der Waals surface area (Å²) in [6, 6.07) is -0.593. The molecule has 0 aromatic heterocycles. The molecule has 18 heavy (non-hydrogen) atoms. The number of urea groups is 1. The third-order valence-corrected chi connectivity index (χ3v) is 2.82. The molecule has 0 saturated heterocycles. The van der Waals surface area contributed by atoms with E-state index < -0.39 is 17.9 Å². The van der Waals surface area contributed by atoms with Gasteiger partial charge in [0.05, 0.1) is 24.3 Å². The van der Waals surface area contributed by atoms with Gasteiger partial charge < -0.3 is 4.74 Å². The predicted molar refractivity (Wildman–Crippen MR) is 62.9 cm³/mol. The number of methoxy groups -OCH3 is 1. The first-order chi connectivity index (χ1) is 8.58. The molecule has 0 N–H and O–H groups in total. The quantitative estimate of drug-likeness (QED) is 0.674. The van der Waals surface area contributed by atoms with Gasteiger partial charge in [0.15, 0.2) is 0 Å². The molecule has 1 heterocycles. The van der Waals surface area contributed by atoms with Gasteiger partial charge in [-0.2, -0.15) is 4.99 Å². The summed E-state index contributed by atoms with van der Waals surface area (Å²) in [5.74, 6) is -1.43. The molecule has 1 aliphatic heterocycles. The molecule has 94 valence electrons. The van der Waals surface area contributed by atoms with Gasteiger partial charge in [0.25, 0.3) is 0 Å². The van der Waals surface area contributed by atoms with Crippen molar-refractivity contribution >= 4 is 23.6 Å². The van der Waals surface area contributed by atoms with Crippen molar-refractivity contribution in [3.05, 3.63) is 23.8 Å². The van der Waals surface area contributed by atoms with Gasteiger partial charge in [0.1, 0.15) is 0 Å². The van der Waals surface area contributed by atoms with E-state index in [1.807, 2.05) is 0 Å². The summed E-state index contributed by atoms with van der Waals surface area (Å²) in [6.45, 7) is 1.99. The molecule has 0 aromatic carbocycles. The maximum absolute atomic E-state index is 12.0. The van der Waals surface area contributed by atoms with Crippen LogP contribution in [0.1, 0.15) is 6.92 Å². The smallest absolute Gasteiger partial charge is 0.350 e. The van der Waals surface area contributed by atoms with E-state index in [0.29, 0.717) is 0 Å². The summed E-state index contributed by atoms with van der Waals surface area (Å²) in [4.78, 5) is 39.8. The van der Waals surface area contributed by atoms with Crippen LogP contribution in [0.5, 0.6) is 0 Å². The monoisotopic (exact) mass is 248 g/mol. The zero-order valence-corrected chi connectivity index (χ0v) is 10.0. The van der Waals surface area contributed by atoms with Gasteiger partial charge in [0.2, 0.25) is 5.91 Å². The summed E-state index contributed by atoms with van der Waals surface area (Å²) in [6.07, 6.45) is 4.48. The Kier molecular flexibility index (Phi) is 3.10. The van der Waals surface area contributed by atoms with Crippen molar-refractivity contribution in [1.82, 2.24) is 4.90 Å². The molecule has 0 spiro atoms. The molecule has 3 amide bonds. The van der Waals surface area contributed by atoms with Crippen LogP contribution in [0, 0.1) is 5.92 Å². The summed E-state index contributed by atoms with van der Waals surface area (Å²) < 4.78 is 4.57. The lowest BCUT2D eigenvalue weighted by molar-refractivity contribution is -0.136. The van der Waals surface area contributed by atoms with Gasteiger partial charge in [-0.1, -0.05) is 12.2 Å². The third kappa shape index (κ3) is 1.85. The second kappa shape index (κ2) is 4.56. The Morgan fingerprint density at radius 2 is 2.22 bits per heavy atom. The number of nitrogens with zero attached hydrogens (tertiary/aromatic N) is 2. The summed E-state index contributed by atoms with van der Waals surface area (Å²) in [5.41, 5.74) is 0.565. The number of fused-ring (bicyclic) bond motifs is 1. The molecule has 0 radical (unpaired) electrons. The predicted octanol–water partition coefficient (Wildman–Crippen LogP) is 0.695. The van der Waals surface area contributed by atoms with Gasteiger partial charge in [-0.15, -0.1) is 0 Å². The fourth-order valence-corrected chi connectivity index (χ4v) is 1.88. The Balaban J connectivity index is 2.38. The number of carbonyl (C=O) groups is 3. The SMILES string of the molecule is CCN1C(=O)N=C2C=C(C(=O)OC)C=CC2C1=O. The zero-order chi connectivity index (χ0) is 13.3. The molecule has 6 heteroatoms. The van der Waals surface area contributed by atoms with Crippen molar-refractivity contribution < 1.29 is 19.1 Å². The van der Waals surface area contributed by atoms with Crippen molar-refractivity contribution in [2.75, 3.05) is 13.7 Å². The van der Waals surface area contributed by atoms with E-state index in [4.69, 9.17) is 0 Å². The van der Waals surface area contributed by atoms with Crippen LogP contribution in [0.15, 0.2) is 28.8 Å². The Labute approximate surface area is 104 Å². The number of ether oxygens (including phenoxy) is 1. The molecule has 0 aromatic rings. The van der Waals surface area contributed by atoms with E-state index >= 15 is 0 Å². The van der Waals surface area contributed by atoms with Crippen LogP contribution < -0.4 is 0 Å². The van der Waals surface area contributed by atoms with E-state index in [9.17, 15) is 14.4 Å². The van der Waals surface area contributed by atoms with Gasteiger partial charge in [-0.25, -0.2) is 9.59 Å². The number of amides is 3. The average molecular weight is 248 g/mol. The Hall–Kier alpha value is -2.24. The lowest BCUT2D eigenvalue weighted by Gasteiger charge is -2.27. The number of esters is 1. The maximum atomic E-state index is 12.0. The largest absolute Gasteiger partial charge is 0.465 e. The van der Waals surface area contributed by atoms with Crippen LogP contribution in [0.4, 0.5) is 4.79 Å². The molecule has 0 bridgehead atoms. The van der Waals surface area contributed by atoms with Crippen LogP contribution in [0.3, 0.4) is 0 Å². The van der Waals surface area contributed by atoms with Crippen LogP contribution in [-0.2, 0) is 14.3 Å². The molecule has 6 nitrogen and oxygen atoms in total. The van der Waals surface area contributed by atoms with Crippen LogP contribution in [-0.4, -0.2) is 42.2 Å². The minimum Gasteiger partial charge on any atom is -0.465 e. The highest BCUT2D eigenvalue weighted by molar-refractivity contribution is 6.23. The molecular formula is C12H12N2O4. The van der Waals surface area contributed by atoms with Crippen LogP contribution in [0.25, 0.3) is 0 Å². The molecule has 2 aliphatic rings. The zero-order valence-electron chi connectivity index (χ0n) is 10.0. The highest BCUT2D eigenvalue weighted by Gasteiger charge is 2.36. The second-order valence-electron chi connectivity index (χ2n) is 3.83. The topological polar surface area (TPSA) is 76.0 Å². The van der Waals surface area contributed by atoms with Crippen molar-refractivity contribution in [3.63, 3.8) is 0 Å². The maximum Gasteiger partial charge on any atom is 0.350 e. The highest BCUT2D eigenvalue weighted by Crippen LogP contribution is 2.22. The van der Waals surface area contributed by atoms with Gasteiger partial charge in [-0.3, -0.25) is 9.69 Å². The molecule has 2 rings (SSSR count). The molecule has 1 atom stereocenters. The number of imide groups is 1. The molecular weight excluding hydrogens is 236 g/mol. The first-order valence-corrected chi connectivity index (χ1v) is 5.50. The lowest BCUT2D eigenvalue weighted by Crippen LogP contribution is -2.46. The Morgan fingerprint density at radius 3 is 2.83 bits per heavy atom. The fraction of sp³-hybridized carbons (Fsp3) is 0.333. The van der Waals surface area contributed by atoms with Gasteiger partial charge >= 0.3 is 12.0 Å². The highest BCUT2D eigenvalue weighted by atomic mass is 16.5. The molecule has 0 fully saturated rings. The normalized spacial score (nSPS) is 22.3. The molecule has 1 aliphatic carbocycles. The van der Waals surface area contributed by atoms with Crippen molar-refractivity contribution in [1.29, 1.82) is 0 Å². The summed E-state index contributed by atoms with van der Waals surface area (Å²) in [5, 5.41) is 0. The van der Waals surface area contributed by atoms with E-state index in [1.54, 1.807) is 13.0 Å². The third-order valence-electron chi connectivity index (χ3n) is 2.82. The minimum atomic E-state index is -0.593. The molecule has 1 unspecified atom stereocenters. The Bertz CT molecular complexity index is 516. The number of aliphatic imine (C=N–C) groups is 1. The minimum absolute atomic E-state index is 0.276. The number of hydrogen-bond donors (Lipinski definition) is 0. The van der Waals surface area contributed by atoms with Crippen molar-refractivity contribution in [2.45, 2.75) is 6.92 Å². The second-order valence-corrected chi connectivity index (χ2v) is 3.83. The van der Waals surface area contributed by atoms with E-state index in [0.717, 1.165) is 4.90 Å². The number of hydrogen-bond acceptors (Lipinski definition) is 4. The number of allylic oxidation sites excluding steroid dienone is 1. The Morgan fingerprint density at radius 1 is 1.50 bits per heavy atom. The van der Waals surface area contributed by atoms with Crippen LogP contribution in [0.2, 0.25) is 0 Å². The van der Waals surface area contributed by atoms with Gasteiger partial charge in [-0.05, 0) is 13.0 Å². The summed E-state index contributed by atoms with van der Waals surface area (Å²) >= 11 is 0. The molecule has 0 saturated carbocycles. The van der Waals surface area contributed by atoms with E-state index in [1.165, 1.54) is 19.3 Å². The van der Waals surface area contributed by atoms with Crippen molar-refractivity contribution in [2.24, 2.45) is 10.9 Å². The van der Waals surface area contributed by atoms with Gasteiger partial charge in [0, 0.05) is 6.54 Å². The number of carbonyl (C=O) groups excluding carboxylic acids is 3. The van der Waals surface area contributed by atoms with E-state index in [2.05, 4.69) is 9.73 Å². The fourth-order valence-electron chi connectivity index (χ4n) is 1.88. The first-order valence-electron chi connectivity index (χ1n) is 5.50. The standard InChI is InChI=1S/C12H12N2O4/c1-3-14-10(15)8-5-4-7(11(16)18-2)6-9(8)13-12(14)17/h4-6,8H,3H2,1-2H3. The summed E-state index contributed by atoms with van der Waals surface area (Å²) in [7, 11) is 1.26. The van der Waals surface area contributed by atoms with Crippen molar-refractivity contribution in [3.8, 4) is 0 Å². The average Bonchev–Trinajstić information content (AvgIpc) is 2.37.